The molecule has 160 valence electrons. The standard InChI is InChI=1S/C23H23FN4OS2/c1-17-8-10-18(11-9-17)30-16-3-7-21(29)28(15-14-27-13-4-12-25-27)23-26-22-19(24)5-2-6-20(22)31-23/h2,4-6,8-13H,3,7,14-16H2,1H3. The van der Waals surface area contributed by atoms with Gasteiger partial charge in [0, 0.05) is 30.3 Å². The first-order chi connectivity index (χ1) is 15.1. The van der Waals surface area contributed by atoms with Gasteiger partial charge in [0.1, 0.15) is 11.3 Å². The fraction of sp³-hybridized carbons (Fsp3) is 0.261. The zero-order valence-corrected chi connectivity index (χ0v) is 18.8. The molecule has 4 rings (SSSR count). The molecule has 0 bridgehead atoms. The number of rotatable bonds is 9. The van der Waals surface area contributed by atoms with Gasteiger partial charge >= 0.3 is 0 Å². The Kier molecular flexibility index (Phi) is 6.99. The minimum atomic E-state index is -0.367. The first-order valence-corrected chi connectivity index (χ1v) is 11.9. The second-order valence-electron chi connectivity index (χ2n) is 7.16. The molecule has 0 spiro atoms. The van der Waals surface area contributed by atoms with E-state index in [1.165, 1.54) is 27.9 Å². The van der Waals surface area contributed by atoms with Crippen LogP contribution in [0.4, 0.5) is 9.52 Å². The average Bonchev–Trinajstić information content (AvgIpc) is 3.43. The van der Waals surface area contributed by atoms with Crippen LogP contribution in [0.2, 0.25) is 0 Å². The molecule has 0 saturated heterocycles. The molecule has 2 heterocycles. The van der Waals surface area contributed by atoms with Crippen LogP contribution in [0.15, 0.2) is 65.8 Å². The third kappa shape index (κ3) is 5.51. The van der Waals surface area contributed by atoms with E-state index in [1.54, 1.807) is 33.6 Å². The Bertz CT molecular complexity index is 1140. The molecular weight excluding hydrogens is 431 g/mol. The summed E-state index contributed by atoms with van der Waals surface area (Å²) in [4.78, 5) is 20.4. The molecule has 2 aromatic carbocycles. The van der Waals surface area contributed by atoms with Crippen molar-refractivity contribution in [3.63, 3.8) is 0 Å². The number of fused-ring (bicyclic) bond motifs is 1. The van der Waals surface area contributed by atoms with Crippen LogP contribution in [0, 0.1) is 12.7 Å². The van der Waals surface area contributed by atoms with Crippen molar-refractivity contribution >= 4 is 44.4 Å². The highest BCUT2D eigenvalue weighted by atomic mass is 32.2. The number of aromatic nitrogens is 3. The number of thiazole rings is 1. The zero-order valence-electron chi connectivity index (χ0n) is 17.2. The van der Waals surface area contributed by atoms with Gasteiger partial charge in [-0.15, -0.1) is 11.8 Å². The van der Waals surface area contributed by atoms with Crippen LogP contribution in [0.25, 0.3) is 10.2 Å². The van der Waals surface area contributed by atoms with Gasteiger partial charge in [-0.25, -0.2) is 9.37 Å². The number of thioether (sulfide) groups is 1. The predicted molar refractivity (Wildman–Crippen MR) is 125 cm³/mol. The van der Waals surface area contributed by atoms with Gasteiger partial charge < -0.3 is 0 Å². The van der Waals surface area contributed by atoms with Crippen LogP contribution in [0.5, 0.6) is 0 Å². The molecule has 8 heteroatoms. The number of benzene rings is 2. The second kappa shape index (κ2) is 10.1. The maximum absolute atomic E-state index is 14.1. The fourth-order valence-corrected chi connectivity index (χ4v) is 5.04. The Labute approximate surface area is 188 Å². The number of carbonyl (C=O) groups excluding carboxylic acids is 1. The number of para-hydroxylation sites is 1. The first-order valence-electron chi connectivity index (χ1n) is 10.1. The van der Waals surface area contributed by atoms with E-state index in [-0.39, 0.29) is 11.7 Å². The summed E-state index contributed by atoms with van der Waals surface area (Å²) in [5.41, 5.74) is 1.55. The lowest BCUT2D eigenvalue weighted by molar-refractivity contribution is -0.118. The summed E-state index contributed by atoms with van der Waals surface area (Å²) >= 11 is 3.09. The van der Waals surface area contributed by atoms with E-state index in [4.69, 9.17) is 0 Å². The molecule has 0 unspecified atom stereocenters. The van der Waals surface area contributed by atoms with Crippen LogP contribution in [-0.4, -0.2) is 33.0 Å². The number of nitrogens with zero attached hydrogens (tertiary/aromatic N) is 4. The van der Waals surface area contributed by atoms with Crippen LogP contribution in [0.1, 0.15) is 18.4 Å². The van der Waals surface area contributed by atoms with E-state index in [9.17, 15) is 9.18 Å². The minimum absolute atomic E-state index is 0.00359. The SMILES string of the molecule is Cc1ccc(SCCCC(=O)N(CCn2cccn2)c2nc3c(F)cccc3s2)cc1. The molecule has 0 fully saturated rings. The number of anilines is 1. The van der Waals surface area contributed by atoms with Gasteiger partial charge in [0.05, 0.1) is 11.2 Å². The first kappa shape index (κ1) is 21.5. The molecule has 0 N–H and O–H groups in total. The number of amides is 1. The summed E-state index contributed by atoms with van der Waals surface area (Å²) in [5.74, 6) is 0.487. The van der Waals surface area contributed by atoms with Crippen molar-refractivity contribution < 1.29 is 9.18 Å². The normalized spacial score (nSPS) is 11.2. The van der Waals surface area contributed by atoms with Crippen molar-refractivity contribution in [2.75, 3.05) is 17.2 Å². The molecule has 0 atom stereocenters. The summed E-state index contributed by atoms with van der Waals surface area (Å²) in [6.07, 6.45) is 4.74. The van der Waals surface area contributed by atoms with E-state index in [0.29, 0.717) is 30.2 Å². The lowest BCUT2D eigenvalue weighted by Gasteiger charge is -2.20. The number of halogens is 1. The molecule has 1 amide bonds. The highest BCUT2D eigenvalue weighted by Gasteiger charge is 2.20. The lowest BCUT2D eigenvalue weighted by Crippen LogP contribution is -2.34. The highest BCUT2D eigenvalue weighted by Crippen LogP contribution is 2.31. The van der Waals surface area contributed by atoms with E-state index in [1.807, 2.05) is 18.3 Å². The number of aryl methyl sites for hydroxylation is 1. The van der Waals surface area contributed by atoms with Crippen LogP contribution < -0.4 is 4.90 Å². The Morgan fingerprint density at radius 1 is 1.19 bits per heavy atom. The van der Waals surface area contributed by atoms with Gasteiger partial charge in [0.15, 0.2) is 5.13 Å². The van der Waals surface area contributed by atoms with Crippen molar-refractivity contribution in [1.82, 2.24) is 14.8 Å². The van der Waals surface area contributed by atoms with Gasteiger partial charge in [-0.1, -0.05) is 35.1 Å². The topological polar surface area (TPSA) is 51.0 Å². The molecule has 0 aliphatic heterocycles. The van der Waals surface area contributed by atoms with Crippen LogP contribution in [0.3, 0.4) is 0 Å². The van der Waals surface area contributed by atoms with Gasteiger partial charge in [0.2, 0.25) is 5.91 Å². The van der Waals surface area contributed by atoms with Crippen LogP contribution >= 0.6 is 23.1 Å². The maximum atomic E-state index is 14.1. The van der Waals surface area contributed by atoms with Crippen molar-refractivity contribution in [2.24, 2.45) is 0 Å². The zero-order chi connectivity index (χ0) is 21.6. The summed E-state index contributed by atoms with van der Waals surface area (Å²) < 4.78 is 16.6. The van der Waals surface area contributed by atoms with Gasteiger partial charge in [-0.05, 0) is 49.4 Å². The Hall–Kier alpha value is -2.71. The van der Waals surface area contributed by atoms with Crippen molar-refractivity contribution in [3.8, 4) is 0 Å². The minimum Gasteiger partial charge on any atom is -0.286 e. The molecule has 0 radical (unpaired) electrons. The smallest absolute Gasteiger partial charge is 0.228 e. The van der Waals surface area contributed by atoms with Gasteiger partial charge in [-0.2, -0.15) is 5.10 Å². The van der Waals surface area contributed by atoms with Crippen molar-refractivity contribution in [1.29, 1.82) is 0 Å². The quantitative estimate of drug-likeness (QED) is 0.246. The fourth-order valence-electron chi connectivity index (χ4n) is 3.16. The third-order valence-electron chi connectivity index (χ3n) is 4.83. The van der Waals surface area contributed by atoms with Crippen molar-refractivity contribution in [3.05, 3.63) is 72.3 Å². The maximum Gasteiger partial charge on any atom is 0.228 e. The van der Waals surface area contributed by atoms with Gasteiger partial charge in [0.25, 0.3) is 0 Å². The molecule has 31 heavy (non-hydrogen) atoms. The van der Waals surface area contributed by atoms with E-state index in [0.717, 1.165) is 16.9 Å². The van der Waals surface area contributed by atoms with Gasteiger partial charge in [-0.3, -0.25) is 14.4 Å². The molecule has 0 saturated carbocycles. The van der Waals surface area contributed by atoms with E-state index < -0.39 is 0 Å². The third-order valence-corrected chi connectivity index (χ3v) is 6.97. The molecule has 5 nitrogen and oxygen atoms in total. The van der Waals surface area contributed by atoms with E-state index in [2.05, 4.69) is 41.3 Å². The monoisotopic (exact) mass is 454 g/mol. The summed E-state index contributed by atoms with van der Waals surface area (Å²) in [6, 6.07) is 15.1. The van der Waals surface area contributed by atoms with E-state index >= 15 is 0 Å². The summed E-state index contributed by atoms with van der Waals surface area (Å²) in [5, 5.41) is 4.74. The lowest BCUT2D eigenvalue weighted by atomic mass is 10.2. The molecule has 0 aliphatic carbocycles. The van der Waals surface area contributed by atoms with Crippen LogP contribution in [-0.2, 0) is 11.3 Å². The highest BCUT2D eigenvalue weighted by molar-refractivity contribution is 7.99. The molecule has 4 aromatic rings. The largest absolute Gasteiger partial charge is 0.286 e. The van der Waals surface area contributed by atoms with Crippen molar-refractivity contribution in [2.45, 2.75) is 31.2 Å². The molecule has 2 aromatic heterocycles. The Morgan fingerprint density at radius 2 is 2.03 bits per heavy atom. The summed E-state index contributed by atoms with van der Waals surface area (Å²) in [7, 11) is 0. The second-order valence-corrected chi connectivity index (χ2v) is 9.34. The average molecular weight is 455 g/mol. The predicted octanol–water partition coefficient (Wildman–Crippen LogP) is 5.55. The Morgan fingerprint density at radius 3 is 2.77 bits per heavy atom. The Balaban J connectivity index is 1.42. The number of hydrogen-bond acceptors (Lipinski definition) is 5. The molecule has 0 aliphatic rings. The molecular formula is C23H23FN4OS2. The number of hydrogen-bond donors (Lipinski definition) is 0. The summed E-state index contributed by atoms with van der Waals surface area (Å²) in [6.45, 7) is 3.06. The number of carbonyl (C=O) groups is 1.